The summed E-state index contributed by atoms with van der Waals surface area (Å²) in [7, 11) is -3.25. The number of hydrogen-bond acceptors (Lipinski definition) is 8. The molecule has 4 aromatic rings. The molecule has 0 saturated carbocycles. The molecule has 4 aromatic carbocycles. The fraction of sp³-hybridized carbons (Fsp3) is 0.148. The van der Waals surface area contributed by atoms with Crippen molar-refractivity contribution in [3.63, 3.8) is 0 Å². The second-order valence-corrected chi connectivity index (χ2v) is 10.9. The van der Waals surface area contributed by atoms with E-state index in [0.717, 1.165) is 8.61 Å². The van der Waals surface area contributed by atoms with Crippen LogP contribution >= 0.6 is 0 Å². The van der Waals surface area contributed by atoms with E-state index in [2.05, 4.69) is 0 Å². The lowest BCUT2D eigenvalue weighted by atomic mass is 10.1. The Kier molecular flexibility index (Phi) is 8.27. The minimum Gasteiger partial charge on any atom is -0.497 e. The molecule has 4 rings (SSSR count). The quantitative estimate of drug-likeness (QED) is 0.225. The SMILES string of the molecule is COC(=O)CN(c1ccc(N(c2ccc(OC)cc2)[SH](=O)=O)c2ccccc12)S(=O)(=O)c1ccc(OC)cc1. The van der Waals surface area contributed by atoms with Gasteiger partial charge in [-0.05, 0) is 60.7 Å². The normalized spacial score (nSPS) is 11.3. The summed E-state index contributed by atoms with van der Waals surface area (Å²) in [4.78, 5) is 12.3. The molecule has 10 nitrogen and oxygen atoms in total. The highest BCUT2D eigenvalue weighted by molar-refractivity contribution is 7.92. The second-order valence-electron chi connectivity index (χ2n) is 8.16. The summed E-state index contributed by atoms with van der Waals surface area (Å²) in [6.07, 6.45) is 0. The van der Waals surface area contributed by atoms with Gasteiger partial charge in [-0.3, -0.25) is 9.10 Å². The van der Waals surface area contributed by atoms with E-state index >= 15 is 0 Å². The minimum absolute atomic E-state index is 0.0668. The number of ether oxygens (including phenoxy) is 3. The number of thiol groups is 1. The number of benzene rings is 4. The van der Waals surface area contributed by atoms with E-state index in [4.69, 9.17) is 14.2 Å². The monoisotopic (exact) mass is 570 g/mol. The molecule has 0 aliphatic heterocycles. The van der Waals surface area contributed by atoms with Crippen LogP contribution in [0.3, 0.4) is 0 Å². The number of carbonyl (C=O) groups is 1. The third-order valence-corrected chi connectivity index (χ3v) is 8.55. The summed E-state index contributed by atoms with van der Waals surface area (Å²) in [6.45, 7) is -0.605. The van der Waals surface area contributed by atoms with Gasteiger partial charge in [0.25, 0.3) is 10.0 Å². The summed E-state index contributed by atoms with van der Waals surface area (Å²) in [6, 6.07) is 21.9. The zero-order valence-electron chi connectivity index (χ0n) is 21.3. The molecule has 12 heteroatoms. The smallest absolute Gasteiger partial charge is 0.326 e. The van der Waals surface area contributed by atoms with Gasteiger partial charge in [0, 0.05) is 10.8 Å². The van der Waals surface area contributed by atoms with Crippen LogP contribution in [0.2, 0.25) is 0 Å². The molecule has 0 bridgehead atoms. The van der Waals surface area contributed by atoms with Gasteiger partial charge in [-0.15, -0.1) is 0 Å². The lowest BCUT2D eigenvalue weighted by Gasteiger charge is -2.27. The highest BCUT2D eigenvalue weighted by atomic mass is 32.2. The summed E-state index contributed by atoms with van der Waals surface area (Å²) in [5.74, 6) is 0.249. The Hall–Kier alpha value is -4.29. The molecular formula is C27H26N2O8S2. The molecular weight excluding hydrogens is 544 g/mol. The summed E-state index contributed by atoms with van der Waals surface area (Å²) >= 11 is 0. The zero-order valence-corrected chi connectivity index (χ0v) is 23.0. The van der Waals surface area contributed by atoms with E-state index in [1.165, 1.54) is 57.7 Å². The van der Waals surface area contributed by atoms with E-state index in [1.807, 2.05) is 0 Å². The van der Waals surface area contributed by atoms with Gasteiger partial charge in [0.2, 0.25) is 10.9 Å². The molecule has 204 valence electrons. The molecule has 39 heavy (non-hydrogen) atoms. The zero-order chi connectivity index (χ0) is 28.2. The molecule has 0 aliphatic carbocycles. The van der Waals surface area contributed by atoms with Gasteiger partial charge >= 0.3 is 5.97 Å². The molecule has 0 atom stereocenters. The number of fused-ring (bicyclic) bond motifs is 1. The van der Waals surface area contributed by atoms with E-state index in [9.17, 15) is 21.6 Å². The number of methoxy groups -OCH3 is 3. The van der Waals surface area contributed by atoms with Gasteiger partial charge < -0.3 is 14.2 Å². The summed E-state index contributed by atoms with van der Waals surface area (Å²) in [5, 5.41) is 0.858. The number of nitrogens with zero attached hydrogens (tertiary/aromatic N) is 2. The molecule has 0 heterocycles. The predicted molar refractivity (Wildman–Crippen MR) is 149 cm³/mol. The molecule has 0 radical (unpaired) electrons. The van der Waals surface area contributed by atoms with Crippen molar-refractivity contribution >= 4 is 54.7 Å². The van der Waals surface area contributed by atoms with Crippen LogP contribution in [0, 0.1) is 0 Å². The Morgan fingerprint density at radius 3 is 1.77 bits per heavy atom. The number of anilines is 3. The Morgan fingerprint density at radius 1 is 0.744 bits per heavy atom. The Labute approximate surface area is 228 Å². The van der Waals surface area contributed by atoms with Crippen LogP contribution in [0.1, 0.15) is 0 Å². The van der Waals surface area contributed by atoms with Crippen LogP contribution in [0.25, 0.3) is 10.8 Å². The number of sulfonamides is 1. The first-order valence-corrected chi connectivity index (χ1v) is 14.1. The first-order chi connectivity index (χ1) is 18.7. The fourth-order valence-corrected chi connectivity index (χ4v) is 6.17. The molecule has 0 spiro atoms. The van der Waals surface area contributed by atoms with Gasteiger partial charge in [0.15, 0.2) is 0 Å². The van der Waals surface area contributed by atoms with Crippen LogP contribution in [0.5, 0.6) is 11.5 Å². The lowest BCUT2D eigenvalue weighted by Crippen LogP contribution is -2.36. The first kappa shape index (κ1) is 27.7. The number of esters is 1. The Bertz CT molecular complexity index is 1660. The molecule has 0 N–H and O–H groups in total. The van der Waals surface area contributed by atoms with Crippen molar-refractivity contribution in [2.24, 2.45) is 0 Å². The fourth-order valence-electron chi connectivity index (χ4n) is 4.07. The van der Waals surface area contributed by atoms with Crippen LogP contribution in [-0.2, 0) is 30.4 Å². The second kappa shape index (κ2) is 11.6. The van der Waals surface area contributed by atoms with Gasteiger partial charge in [0.1, 0.15) is 18.0 Å². The van der Waals surface area contributed by atoms with Crippen molar-refractivity contribution in [1.82, 2.24) is 0 Å². The average Bonchev–Trinajstić information content (AvgIpc) is 2.96. The minimum atomic E-state index is -4.25. The van der Waals surface area contributed by atoms with E-state index < -0.39 is 33.4 Å². The number of rotatable bonds is 10. The van der Waals surface area contributed by atoms with Crippen molar-refractivity contribution in [1.29, 1.82) is 0 Å². The predicted octanol–water partition coefficient (Wildman–Crippen LogP) is 3.89. The van der Waals surface area contributed by atoms with Crippen molar-refractivity contribution in [2.75, 3.05) is 36.5 Å². The van der Waals surface area contributed by atoms with Crippen LogP contribution in [0.15, 0.2) is 89.8 Å². The van der Waals surface area contributed by atoms with E-state index in [1.54, 1.807) is 48.5 Å². The van der Waals surface area contributed by atoms with Crippen LogP contribution in [-0.4, -0.2) is 50.7 Å². The third-order valence-electron chi connectivity index (χ3n) is 6.00. The molecule has 0 saturated heterocycles. The number of hydrogen-bond donors (Lipinski definition) is 1. The van der Waals surface area contributed by atoms with Gasteiger partial charge in [0.05, 0.1) is 43.3 Å². The first-order valence-electron chi connectivity index (χ1n) is 11.5. The Morgan fingerprint density at radius 2 is 1.26 bits per heavy atom. The number of carbonyl (C=O) groups excluding carboxylic acids is 1. The van der Waals surface area contributed by atoms with Gasteiger partial charge in [-0.2, -0.15) is 0 Å². The average molecular weight is 571 g/mol. The maximum absolute atomic E-state index is 13.8. The third kappa shape index (κ3) is 5.61. The highest BCUT2D eigenvalue weighted by Gasteiger charge is 2.30. The molecule has 0 aromatic heterocycles. The van der Waals surface area contributed by atoms with Crippen molar-refractivity contribution in [2.45, 2.75) is 4.90 Å². The largest absolute Gasteiger partial charge is 0.497 e. The maximum Gasteiger partial charge on any atom is 0.326 e. The summed E-state index contributed by atoms with van der Waals surface area (Å²) < 4.78 is 69.7. The lowest BCUT2D eigenvalue weighted by molar-refractivity contribution is -0.138. The van der Waals surface area contributed by atoms with E-state index in [0.29, 0.717) is 33.6 Å². The molecule has 0 fully saturated rings. The van der Waals surface area contributed by atoms with Crippen molar-refractivity contribution < 1.29 is 35.8 Å². The van der Waals surface area contributed by atoms with Crippen LogP contribution < -0.4 is 18.1 Å². The van der Waals surface area contributed by atoms with Crippen molar-refractivity contribution in [3.05, 3.63) is 84.9 Å². The van der Waals surface area contributed by atoms with Gasteiger partial charge in [-0.1, -0.05) is 24.3 Å². The summed E-state index contributed by atoms with van der Waals surface area (Å²) in [5.41, 5.74) is 0.837. The highest BCUT2D eigenvalue weighted by Crippen LogP contribution is 2.39. The molecule has 0 aliphatic rings. The molecule has 0 amide bonds. The van der Waals surface area contributed by atoms with E-state index in [-0.39, 0.29) is 10.6 Å². The molecule has 0 unspecified atom stereocenters. The van der Waals surface area contributed by atoms with Crippen molar-refractivity contribution in [3.8, 4) is 11.5 Å². The van der Waals surface area contributed by atoms with Gasteiger partial charge in [-0.25, -0.2) is 21.1 Å². The van der Waals surface area contributed by atoms with Crippen LogP contribution in [0.4, 0.5) is 17.1 Å². The topological polar surface area (TPSA) is 120 Å². The Balaban J connectivity index is 1.91. The standard InChI is InChI=1S/C27H26N2O8S2/c1-35-20-10-8-19(9-11-20)29(38(31)32)26-17-16-25(23-6-4-5-7-24(23)26)28(18-27(30)37-3)39(33,34)22-14-12-21(36-2)13-15-22/h4-17,38H,18H2,1-3H3. The maximum atomic E-state index is 13.8.